The van der Waals surface area contributed by atoms with Gasteiger partial charge in [-0.25, -0.2) is 14.2 Å². The van der Waals surface area contributed by atoms with Crippen molar-refractivity contribution in [2.75, 3.05) is 5.32 Å². The highest BCUT2D eigenvalue weighted by Gasteiger charge is 2.18. The number of rotatable bonds is 6. The van der Waals surface area contributed by atoms with Gasteiger partial charge in [0.2, 0.25) is 5.91 Å². The van der Waals surface area contributed by atoms with Gasteiger partial charge in [-0.3, -0.25) is 4.79 Å². The third-order valence-corrected chi connectivity index (χ3v) is 5.17. The number of halogens is 1. The summed E-state index contributed by atoms with van der Waals surface area (Å²) in [6.45, 7) is 0.270. The van der Waals surface area contributed by atoms with Crippen molar-refractivity contribution < 1.29 is 28.9 Å². The van der Waals surface area contributed by atoms with Crippen molar-refractivity contribution in [2.45, 2.75) is 38.7 Å². The largest absolute Gasteiger partial charge is 0.503 e. The zero-order valence-electron chi connectivity index (χ0n) is 17.5. The average Bonchev–Trinajstić information content (AvgIpc) is 3.24. The highest BCUT2D eigenvalue weighted by molar-refractivity contribution is 5.91. The highest BCUT2D eigenvalue weighted by Crippen LogP contribution is 2.28. The summed E-state index contributed by atoms with van der Waals surface area (Å²) in [6.07, 6.45) is 3.52. The van der Waals surface area contributed by atoms with Crippen molar-refractivity contribution >= 4 is 28.7 Å². The van der Waals surface area contributed by atoms with Gasteiger partial charge in [0, 0.05) is 29.6 Å². The summed E-state index contributed by atoms with van der Waals surface area (Å²) >= 11 is 0. The first-order valence-corrected chi connectivity index (χ1v) is 10.4. The normalized spacial score (nSPS) is 13.3. The fourth-order valence-electron chi connectivity index (χ4n) is 3.72. The lowest BCUT2D eigenvalue weighted by atomic mass is 10.0. The van der Waals surface area contributed by atoms with E-state index in [0.717, 1.165) is 23.9 Å². The summed E-state index contributed by atoms with van der Waals surface area (Å²) in [4.78, 5) is 25.2. The van der Waals surface area contributed by atoms with Gasteiger partial charge in [0.1, 0.15) is 18.2 Å². The molecule has 0 saturated heterocycles. The summed E-state index contributed by atoms with van der Waals surface area (Å²) in [5.74, 6) is 0.921. The molecule has 3 aromatic rings. The molecule has 2 aromatic carbocycles. The van der Waals surface area contributed by atoms with Gasteiger partial charge in [0.05, 0.1) is 11.2 Å². The van der Waals surface area contributed by atoms with Crippen LogP contribution in [0.5, 0.6) is 5.75 Å². The number of nitrogens with one attached hydrogen (secondary N) is 1. The van der Waals surface area contributed by atoms with E-state index in [1.54, 1.807) is 6.07 Å². The number of fused-ring (bicyclic) bond motifs is 1. The fraction of sp³-hybridized carbons (Fsp3) is 0.292. The van der Waals surface area contributed by atoms with Crippen molar-refractivity contribution in [1.82, 2.24) is 4.98 Å². The number of aromatic nitrogens is 1. The second-order valence-electron chi connectivity index (χ2n) is 7.64. The molecule has 1 saturated carbocycles. The number of nitrogens with zero attached hydrogens (tertiary/aromatic N) is 1. The summed E-state index contributed by atoms with van der Waals surface area (Å²) in [5, 5.41) is 17.8. The molecule has 4 rings (SSSR count). The van der Waals surface area contributed by atoms with Crippen LogP contribution >= 0.6 is 0 Å². The lowest BCUT2D eigenvalue weighted by molar-refractivity contribution is -0.117. The maximum atomic E-state index is 13.4. The number of hydrogen-bond donors (Lipinski definition) is 3. The third-order valence-electron chi connectivity index (χ3n) is 5.17. The Labute approximate surface area is 184 Å². The fourth-order valence-corrected chi connectivity index (χ4v) is 3.72. The van der Waals surface area contributed by atoms with E-state index in [-0.39, 0.29) is 18.3 Å². The van der Waals surface area contributed by atoms with E-state index in [0.29, 0.717) is 29.3 Å². The molecule has 3 N–H and O–H groups in total. The molecule has 0 atom stereocenters. The molecule has 0 unspecified atom stereocenters. The van der Waals surface area contributed by atoms with Crippen LogP contribution in [0.15, 0.2) is 54.6 Å². The van der Waals surface area contributed by atoms with Gasteiger partial charge in [-0.1, -0.05) is 25.0 Å². The van der Waals surface area contributed by atoms with Crippen LogP contribution in [0.4, 0.5) is 14.9 Å². The van der Waals surface area contributed by atoms with Gasteiger partial charge in [-0.05, 0) is 49.1 Å². The zero-order chi connectivity index (χ0) is 22.9. The lowest BCUT2D eigenvalue weighted by Gasteiger charge is -2.11. The number of ether oxygens (including phenoxy) is 1. The number of benzene rings is 2. The minimum absolute atomic E-state index is 0.0577. The Bertz CT molecular complexity index is 1080. The molecule has 0 bridgehead atoms. The van der Waals surface area contributed by atoms with E-state index in [2.05, 4.69) is 10.3 Å². The van der Waals surface area contributed by atoms with Crippen LogP contribution in [0.1, 0.15) is 37.8 Å². The predicted octanol–water partition coefficient (Wildman–Crippen LogP) is 5.69. The Morgan fingerprint density at radius 1 is 1.06 bits per heavy atom. The number of anilines is 1. The predicted molar refractivity (Wildman–Crippen MR) is 118 cm³/mol. The van der Waals surface area contributed by atoms with Crippen LogP contribution in [0.25, 0.3) is 10.9 Å². The van der Waals surface area contributed by atoms with Gasteiger partial charge in [-0.2, -0.15) is 0 Å². The van der Waals surface area contributed by atoms with Crippen molar-refractivity contribution in [3.8, 4) is 5.75 Å². The molecule has 1 aliphatic rings. The summed E-state index contributed by atoms with van der Waals surface area (Å²) in [6, 6.07) is 15.7. The van der Waals surface area contributed by atoms with Crippen LogP contribution in [0.2, 0.25) is 0 Å². The molecule has 0 radical (unpaired) electrons. The topological polar surface area (TPSA) is 109 Å². The van der Waals surface area contributed by atoms with Crippen LogP contribution < -0.4 is 10.1 Å². The van der Waals surface area contributed by atoms with E-state index in [9.17, 15) is 9.18 Å². The minimum atomic E-state index is -1.83. The highest BCUT2D eigenvalue weighted by atomic mass is 19.1. The van der Waals surface area contributed by atoms with Crippen molar-refractivity contribution in [2.24, 2.45) is 5.92 Å². The molecular formula is C24H25FN2O5. The molecule has 32 heavy (non-hydrogen) atoms. The SMILES string of the molecule is O=C(CC1CCCC1)Nc1cccc(OCc2ccc3ccc(F)cc3n2)c1.O=C(O)O. The lowest BCUT2D eigenvalue weighted by Crippen LogP contribution is -2.15. The Balaban J connectivity index is 0.000000668. The van der Waals surface area contributed by atoms with Gasteiger partial charge >= 0.3 is 6.16 Å². The Kier molecular flexibility index (Phi) is 7.96. The Morgan fingerprint density at radius 2 is 1.78 bits per heavy atom. The van der Waals surface area contributed by atoms with E-state index in [4.69, 9.17) is 19.7 Å². The maximum Gasteiger partial charge on any atom is 0.503 e. The molecule has 8 heteroatoms. The van der Waals surface area contributed by atoms with Crippen molar-refractivity contribution in [1.29, 1.82) is 0 Å². The number of hydrogen-bond acceptors (Lipinski definition) is 4. The zero-order valence-corrected chi connectivity index (χ0v) is 17.5. The summed E-state index contributed by atoms with van der Waals surface area (Å²) in [5.41, 5.74) is 2.05. The Hall–Kier alpha value is -3.68. The standard InChI is InChI=1S/C23H23FN2O2.CH2O3/c24-18-10-8-17-9-11-20(25-22(17)13-18)15-28-21-7-3-6-19(14-21)26-23(27)12-16-4-1-2-5-16;2-1(3)4/h3,6-11,13-14,16H,1-2,4-5,12,15H2,(H,26,27);(H2,2,3,4). The summed E-state index contributed by atoms with van der Waals surface area (Å²) in [7, 11) is 0. The van der Waals surface area contributed by atoms with Crippen molar-refractivity contribution in [3.05, 3.63) is 66.1 Å². The molecule has 1 heterocycles. The molecule has 1 amide bonds. The van der Waals surface area contributed by atoms with E-state index < -0.39 is 6.16 Å². The second-order valence-corrected chi connectivity index (χ2v) is 7.64. The maximum absolute atomic E-state index is 13.4. The monoisotopic (exact) mass is 440 g/mol. The first-order valence-electron chi connectivity index (χ1n) is 10.4. The average molecular weight is 440 g/mol. The number of carbonyl (C=O) groups excluding carboxylic acids is 1. The van der Waals surface area contributed by atoms with Gasteiger partial charge in [0.25, 0.3) is 0 Å². The molecule has 1 aliphatic carbocycles. The van der Waals surface area contributed by atoms with Crippen LogP contribution in [-0.2, 0) is 11.4 Å². The number of carbonyl (C=O) groups is 2. The van der Waals surface area contributed by atoms with Crippen LogP contribution in [0.3, 0.4) is 0 Å². The molecule has 0 spiro atoms. The van der Waals surface area contributed by atoms with E-state index in [1.807, 2.05) is 36.4 Å². The first kappa shape index (κ1) is 23.0. The number of amides is 1. The van der Waals surface area contributed by atoms with Crippen molar-refractivity contribution in [3.63, 3.8) is 0 Å². The van der Waals surface area contributed by atoms with E-state index >= 15 is 0 Å². The second kappa shape index (κ2) is 11.1. The molecule has 168 valence electrons. The van der Waals surface area contributed by atoms with Crippen LogP contribution in [0, 0.1) is 11.7 Å². The smallest absolute Gasteiger partial charge is 0.487 e. The minimum Gasteiger partial charge on any atom is -0.487 e. The van der Waals surface area contributed by atoms with Gasteiger partial charge in [0.15, 0.2) is 0 Å². The van der Waals surface area contributed by atoms with Gasteiger partial charge < -0.3 is 20.3 Å². The quantitative estimate of drug-likeness (QED) is 0.454. The summed E-state index contributed by atoms with van der Waals surface area (Å²) < 4.78 is 19.2. The molecule has 1 fully saturated rings. The number of pyridine rings is 1. The molecular weight excluding hydrogens is 415 g/mol. The van der Waals surface area contributed by atoms with Gasteiger partial charge in [-0.15, -0.1) is 0 Å². The first-order chi connectivity index (χ1) is 15.4. The van der Waals surface area contributed by atoms with Crippen LogP contribution in [-0.4, -0.2) is 27.3 Å². The molecule has 7 nitrogen and oxygen atoms in total. The molecule has 1 aromatic heterocycles. The molecule has 0 aliphatic heterocycles. The third kappa shape index (κ3) is 7.23. The Morgan fingerprint density at radius 3 is 2.53 bits per heavy atom. The van der Waals surface area contributed by atoms with E-state index in [1.165, 1.54) is 25.0 Å². The number of carboxylic acid groups (broad SMARTS) is 2.